The summed E-state index contributed by atoms with van der Waals surface area (Å²) in [5, 5.41) is 0. The third-order valence-electron chi connectivity index (χ3n) is 4.76. The van der Waals surface area contributed by atoms with Gasteiger partial charge in [-0.05, 0) is 19.3 Å². The highest BCUT2D eigenvalue weighted by Crippen LogP contribution is 2.10. The van der Waals surface area contributed by atoms with Crippen LogP contribution in [0, 0.1) is 0 Å². The fourth-order valence-electron chi connectivity index (χ4n) is 3.12. The van der Waals surface area contributed by atoms with E-state index >= 15 is 0 Å². The molecule has 0 spiro atoms. The summed E-state index contributed by atoms with van der Waals surface area (Å²) in [5.74, 6) is 0.367. The SMILES string of the molecule is CCCCCCCCN(CCCCCCCC)C(=O)CCCN=C(N)N. The maximum absolute atomic E-state index is 12.5. The van der Waals surface area contributed by atoms with E-state index in [-0.39, 0.29) is 11.9 Å². The molecule has 4 N–H and O–H groups in total. The van der Waals surface area contributed by atoms with Crippen molar-refractivity contribution in [2.24, 2.45) is 16.5 Å². The average molecular weight is 369 g/mol. The fraction of sp³-hybridized carbons (Fsp3) is 0.905. The summed E-state index contributed by atoms with van der Waals surface area (Å²) in [6.07, 6.45) is 16.4. The van der Waals surface area contributed by atoms with Crippen LogP contribution in [-0.4, -0.2) is 36.4 Å². The van der Waals surface area contributed by atoms with E-state index in [9.17, 15) is 4.79 Å². The Morgan fingerprint density at radius 1 is 0.731 bits per heavy atom. The van der Waals surface area contributed by atoms with Crippen LogP contribution in [0.3, 0.4) is 0 Å². The zero-order valence-corrected chi connectivity index (χ0v) is 17.5. The van der Waals surface area contributed by atoms with Crippen molar-refractivity contribution in [2.75, 3.05) is 19.6 Å². The van der Waals surface area contributed by atoms with E-state index in [0.717, 1.165) is 32.4 Å². The summed E-state index contributed by atoms with van der Waals surface area (Å²) in [7, 11) is 0. The van der Waals surface area contributed by atoms with Crippen molar-refractivity contribution in [3.05, 3.63) is 0 Å². The number of nitrogens with two attached hydrogens (primary N) is 2. The molecule has 0 aromatic heterocycles. The van der Waals surface area contributed by atoms with Crippen molar-refractivity contribution < 1.29 is 4.79 Å². The lowest BCUT2D eigenvalue weighted by molar-refractivity contribution is -0.131. The van der Waals surface area contributed by atoms with Crippen LogP contribution in [0.25, 0.3) is 0 Å². The molecule has 0 aliphatic carbocycles. The minimum Gasteiger partial charge on any atom is -0.370 e. The number of carbonyl (C=O) groups excluding carboxylic acids is 1. The van der Waals surface area contributed by atoms with Gasteiger partial charge in [0.25, 0.3) is 0 Å². The molecule has 5 nitrogen and oxygen atoms in total. The second-order valence-electron chi connectivity index (χ2n) is 7.33. The number of aliphatic imine (C=N–C) groups is 1. The largest absolute Gasteiger partial charge is 0.370 e. The Hall–Kier alpha value is -1.26. The molecule has 0 aliphatic rings. The number of nitrogens with zero attached hydrogens (tertiary/aromatic N) is 2. The summed E-state index contributed by atoms with van der Waals surface area (Å²) in [5.41, 5.74) is 10.7. The molecule has 0 saturated heterocycles. The smallest absolute Gasteiger partial charge is 0.222 e. The standard InChI is InChI=1S/C21H44N4O/c1-3-5-7-9-11-13-18-25(19-14-12-10-8-6-4-2)20(26)16-15-17-24-21(22)23/h3-19H2,1-2H3,(H4,22,23,24). The second kappa shape index (κ2) is 18.5. The molecular weight excluding hydrogens is 324 g/mol. The summed E-state index contributed by atoms with van der Waals surface area (Å²) < 4.78 is 0. The van der Waals surface area contributed by atoms with Crippen molar-refractivity contribution in [1.29, 1.82) is 0 Å². The van der Waals surface area contributed by atoms with Crippen molar-refractivity contribution >= 4 is 11.9 Å². The highest BCUT2D eigenvalue weighted by molar-refractivity contribution is 5.76. The van der Waals surface area contributed by atoms with E-state index in [4.69, 9.17) is 11.5 Å². The molecule has 0 aromatic rings. The maximum atomic E-state index is 12.5. The molecule has 0 saturated carbocycles. The Kier molecular flexibility index (Phi) is 17.6. The summed E-state index contributed by atoms with van der Waals surface area (Å²) in [6.45, 7) is 6.83. The molecule has 154 valence electrons. The number of carbonyl (C=O) groups is 1. The first-order valence-corrected chi connectivity index (χ1v) is 10.9. The zero-order chi connectivity index (χ0) is 19.5. The second-order valence-corrected chi connectivity index (χ2v) is 7.33. The molecular formula is C21H44N4O. The van der Waals surface area contributed by atoms with Crippen LogP contribution in [0.1, 0.15) is 104 Å². The molecule has 0 heterocycles. The van der Waals surface area contributed by atoms with Gasteiger partial charge in [-0.2, -0.15) is 0 Å². The first-order chi connectivity index (χ1) is 12.6. The lowest BCUT2D eigenvalue weighted by Crippen LogP contribution is -2.33. The van der Waals surface area contributed by atoms with Gasteiger partial charge in [0.1, 0.15) is 0 Å². The molecule has 0 atom stereocenters. The monoisotopic (exact) mass is 368 g/mol. The van der Waals surface area contributed by atoms with Crippen molar-refractivity contribution in [2.45, 2.75) is 104 Å². The highest BCUT2D eigenvalue weighted by Gasteiger charge is 2.12. The van der Waals surface area contributed by atoms with Crippen LogP contribution in [0.2, 0.25) is 0 Å². The Morgan fingerprint density at radius 3 is 1.65 bits per heavy atom. The molecule has 0 bridgehead atoms. The Balaban J connectivity index is 4.11. The molecule has 0 aliphatic heterocycles. The number of hydrogen-bond acceptors (Lipinski definition) is 2. The van der Waals surface area contributed by atoms with Crippen LogP contribution in [-0.2, 0) is 4.79 Å². The average Bonchev–Trinajstić information content (AvgIpc) is 2.62. The number of unbranched alkanes of at least 4 members (excludes halogenated alkanes) is 10. The van der Waals surface area contributed by atoms with Gasteiger partial charge in [-0.1, -0.05) is 78.1 Å². The highest BCUT2D eigenvalue weighted by atomic mass is 16.2. The molecule has 0 unspecified atom stereocenters. The molecule has 0 aromatic carbocycles. The van der Waals surface area contributed by atoms with E-state index in [1.165, 1.54) is 64.2 Å². The number of rotatable bonds is 18. The maximum Gasteiger partial charge on any atom is 0.222 e. The van der Waals surface area contributed by atoms with E-state index in [0.29, 0.717) is 13.0 Å². The lowest BCUT2D eigenvalue weighted by Gasteiger charge is -2.23. The molecule has 0 radical (unpaired) electrons. The zero-order valence-electron chi connectivity index (χ0n) is 17.5. The van der Waals surface area contributed by atoms with E-state index < -0.39 is 0 Å². The Morgan fingerprint density at radius 2 is 1.19 bits per heavy atom. The van der Waals surface area contributed by atoms with Crippen molar-refractivity contribution in [3.63, 3.8) is 0 Å². The van der Waals surface area contributed by atoms with Crippen LogP contribution < -0.4 is 11.5 Å². The number of amides is 1. The van der Waals surface area contributed by atoms with Crippen LogP contribution >= 0.6 is 0 Å². The van der Waals surface area contributed by atoms with Crippen molar-refractivity contribution in [3.8, 4) is 0 Å². The molecule has 5 heteroatoms. The minimum atomic E-state index is 0.105. The fourth-order valence-corrected chi connectivity index (χ4v) is 3.12. The van der Waals surface area contributed by atoms with Gasteiger partial charge in [-0.3, -0.25) is 9.79 Å². The predicted octanol–water partition coefficient (Wildman–Crippen LogP) is 4.59. The molecule has 26 heavy (non-hydrogen) atoms. The molecule has 1 amide bonds. The van der Waals surface area contributed by atoms with Gasteiger partial charge < -0.3 is 16.4 Å². The lowest BCUT2D eigenvalue weighted by atomic mass is 10.1. The molecule has 0 fully saturated rings. The van der Waals surface area contributed by atoms with Crippen molar-refractivity contribution in [1.82, 2.24) is 4.90 Å². The summed E-state index contributed by atoms with van der Waals surface area (Å²) >= 11 is 0. The van der Waals surface area contributed by atoms with E-state index in [1.54, 1.807) is 0 Å². The van der Waals surface area contributed by atoms with Gasteiger partial charge >= 0.3 is 0 Å². The number of guanidine groups is 1. The van der Waals surface area contributed by atoms with Gasteiger partial charge in [-0.25, -0.2) is 0 Å². The van der Waals surface area contributed by atoms with Gasteiger partial charge in [-0.15, -0.1) is 0 Å². The first-order valence-electron chi connectivity index (χ1n) is 10.9. The van der Waals surface area contributed by atoms with Crippen LogP contribution in [0.5, 0.6) is 0 Å². The number of hydrogen-bond donors (Lipinski definition) is 2. The van der Waals surface area contributed by atoms with Crippen LogP contribution in [0.15, 0.2) is 4.99 Å². The van der Waals surface area contributed by atoms with Gasteiger partial charge in [0.15, 0.2) is 5.96 Å². The normalized spacial score (nSPS) is 10.7. The third-order valence-corrected chi connectivity index (χ3v) is 4.76. The third kappa shape index (κ3) is 16.2. The Bertz CT molecular complexity index is 338. The summed E-state index contributed by atoms with van der Waals surface area (Å²) in [4.78, 5) is 18.6. The van der Waals surface area contributed by atoms with Gasteiger partial charge in [0.2, 0.25) is 5.91 Å². The van der Waals surface area contributed by atoms with Crippen LogP contribution in [0.4, 0.5) is 0 Å². The Labute approximate surface area is 162 Å². The predicted molar refractivity (Wildman–Crippen MR) is 113 cm³/mol. The van der Waals surface area contributed by atoms with Gasteiger partial charge in [0.05, 0.1) is 0 Å². The van der Waals surface area contributed by atoms with E-state index in [2.05, 4.69) is 23.7 Å². The summed E-state index contributed by atoms with van der Waals surface area (Å²) in [6, 6.07) is 0. The van der Waals surface area contributed by atoms with Gasteiger partial charge in [0, 0.05) is 26.1 Å². The first kappa shape index (κ1) is 24.7. The quantitative estimate of drug-likeness (QED) is 0.211. The van der Waals surface area contributed by atoms with E-state index in [1.807, 2.05) is 0 Å². The minimum absolute atomic E-state index is 0.105. The molecule has 0 rings (SSSR count). The topological polar surface area (TPSA) is 84.7 Å².